The molecule has 0 bridgehead atoms. The van der Waals surface area contributed by atoms with E-state index in [1.54, 1.807) is 7.05 Å². The summed E-state index contributed by atoms with van der Waals surface area (Å²) in [6, 6.07) is 15.6. The first-order valence-corrected chi connectivity index (χ1v) is 10.4. The Morgan fingerprint density at radius 3 is 2.43 bits per heavy atom. The predicted molar refractivity (Wildman–Crippen MR) is 123 cm³/mol. The topological polar surface area (TPSA) is 74.8 Å². The van der Waals surface area contributed by atoms with Crippen LogP contribution in [-0.2, 0) is 13.1 Å². The Morgan fingerprint density at radius 1 is 1.00 bits per heavy atom. The van der Waals surface area contributed by atoms with Gasteiger partial charge in [-0.2, -0.15) is 0 Å². The molecule has 0 fully saturated rings. The van der Waals surface area contributed by atoms with E-state index in [0.29, 0.717) is 31.2 Å². The lowest BCUT2D eigenvalue weighted by molar-refractivity contribution is 0.0953. The summed E-state index contributed by atoms with van der Waals surface area (Å²) < 4.78 is 6.05. The molecule has 6 heteroatoms. The second-order valence-corrected chi connectivity index (χ2v) is 8.06. The second-order valence-electron chi connectivity index (χ2n) is 8.06. The van der Waals surface area contributed by atoms with E-state index in [-0.39, 0.29) is 11.5 Å². The van der Waals surface area contributed by atoms with Crippen molar-refractivity contribution in [2.45, 2.75) is 52.8 Å². The van der Waals surface area contributed by atoms with Gasteiger partial charge in [0.2, 0.25) is 0 Å². The van der Waals surface area contributed by atoms with Crippen molar-refractivity contribution in [1.29, 1.82) is 0 Å². The van der Waals surface area contributed by atoms with E-state index in [1.165, 1.54) is 0 Å². The van der Waals surface area contributed by atoms with Crippen LogP contribution in [0.4, 0.5) is 0 Å². The minimum atomic E-state index is -0.259. The van der Waals surface area contributed by atoms with Gasteiger partial charge in [0.25, 0.3) is 5.91 Å². The van der Waals surface area contributed by atoms with Gasteiger partial charge in [0, 0.05) is 37.8 Å². The molecule has 0 saturated heterocycles. The summed E-state index contributed by atoms with van der Waals surface area (Å²) >= 11 is 0. The zero-order valence-corrected chi connectivity index (χ0v) is 18.7. The lowest BCUT2D eigenvalue weighted by Crippen LogP contribution is -2.36. The summed E-state index contributed by atoms with van der Waals surface area (Å²) in [5.74, 6) is 1.50. The molecule has 0 aliphatic rings. The number of para-hydroxylation sites is 1. The lowest BCUT2D eigenvalue weighted by Gasteiger charge is -2.23. The molecule has 6 nitrogen and oxygen atoms in total. The van der Waals surface area contributed by atoms with Crippen molar-refractivity contribution in [2.75, 3.05) is 13.6 Å². The maximum atomic E-state index is 12.2. The molecule has 0 spiro atoms. The fourth-order valence-electron chi connectivity index (χ4n) is 2.83. The molecule has 0 unspecified atom stereocenters. The number of carbonyl (C=O) groups is 1. The van der Waals surface area contributed by atoms with Gasteiger partial charge in [0.1, 0.15) is 11.4 Å². The molecule has 2 aromatic rings. The highest BCUT2D eigenvalue weighted by Gasteiger charge is 2.14. The molecule has 0 saturated carbocycles. The minimum Gasteiger partial charge on any atom is -0.488 e. The van der Waals surface area contributed by atoms with Crippen molar-refractivity contribution >= 4 is 11.9 Å². The highest BCUT2D eigenvalue weighted by Crippen LogP contribution is 2.22. The van der Waals surface area contributed by atoms with Crippen molar-refractivity contribution in [2.24, 2.45) is 4.99 Å². The maximum absolute atomic E-state index is 12.2. The third kappa shape index (κ3) is 7.78. The summed E-state index contributed by atoms with van der Waals surface area (Å²) in [6.07, 6.45) is 0.916. The van der Waals surface area contributed by atoms with Crippen molar-refractivity contribution in [3.05, 3.63) is 65.2 Å². The number of nitrogens with one attached hydrogen (secondary N) is 3. The average molecular weight is 411 g/mol. The van der Waals surface area contributed by atoms with E-state index in [9.17, 15) is 4.79 Å². The van der Waals surface area contributed by atoms with Gasteiger partial charge < -0.3 is 20.7 Å². The van der Waals surface area contributed by atoms with Gasteiger partial charge in [-0.1, -0.05) is 37.3 Å². The number of nitrogens with zero attached hydrogens (tertiary/aromatic N) is 1. The number of rotatable bonds is 8. The molecular formula is C24H34N4O2. The molecule has 162 valence electrons. The number of hydrogen-bond acceptors (Lipinski definition) is 3. The Hall–Kier alpha value is -3.02. The molecule has 2 rings (SSSR count). The van der Waals surface area contributed by atoms with E-state index in [4.69, 9.17) is 4.74 Å². The van der Waals surface area contributed by atoms with Crippen LogP contribution in [0.25, 0.3) is 0 Å². The van der Waals surface area contributed by atoms with Crippen LogP contribution in [0.1, 0.15) is 55.6 Å². The van der Waals surface area contributed by atoms with Crippen molar-refractivity contribution < 1.29 is 9.53 Å². The molecule has 0 heterocycles. The Labute approximate surface area is 180 Å². The summed E-state index contributed by atoms with van der Waals surface area (Å²) in [7, 11) is 1.74. The van der Waals surface area contributed by atoms with E-state index in [2.05, 4.69) is 20.9 Å². The van der Waals surface area contributed by atoms with Crippen LogP contribution in [0.15, 0.2) is 53.5 Å². The van der Waals surface area contributed by atoms with Crippen LogP contribution < -0.4 is 20.7 Å². The first-order chi connectivity index (χ1) is 14.3. The number of ether oxygens (including phenoxy) is 1. The van der Waals surface area contributed by atoms with Crippen LogP contribution in [-0.4, -0.2) is 31.1 Å². The fraction of sp³-hybridized carbons (Fsp3) is 0.417. The SMILES string of the molecule is CCCNC(=O)c1cccc(CNC(=NC)NCc2ccccc2OC(C)(C)C)c1. The lowest BCUT2D eigenvalue weighted by atomic mass is 10.1. The highest BCUT2D eigenvalue weighted by molar-refractivity contribution is 5.94. The average Bonchev–Trinajstić information content (AvgIpc) is 2.72. The Bertz CT molecular complexity index is 856. The standard InChI is InChI=1S/C24H34N4O2/c1-6-14-26-22(29)19-12-9-10-18(15-19)16-27-23(25-5)28-17-20-11-7-8-13-21(20)30-24(2,3)4/h7-13,15H,6,14,16-17H2,1-5H3,(H,26,29)(H2,25,27,28). The van der Waals surface area contributed by atoms with Gasteiger partial charge >= 0.3 is 0 Å². The largest absolute Gasteiger partial charge is 0.488 e. The van der Waals surface area contributed by atoms with Gasteiger partial charge in [-0.3, -0.25) is 9.79 Å². The Balaban J connectivity index is 1.94. The molecule has 2 aromatic carbocycles. The Kier molecular flexibility index (Phi) is 8.71. The molecule has 0 aliphatic carbocycles. The third-order valence-corrected chi connectivity index (χ3v) is 4.24. The molecule has 30 heavy (non-hydrogen) atoms. The highest BCUT2D eigenvalue weighted by atomic mass is 16.5. The molecule has 1 amide bonds. The van der Waals surface area contributed by atoms with Gasteiger partial charge in [-0.15, -0.1) is 0 Å². The van der Waals surface area contributed by atoms with Crippen molar-refractivity contribution in [3.63, 3.8) is 0 Å². The monoisotopic (exact) mass is 410 g/mol. The van der Waals surface area contributed by atoms with E-state index >= 15 is 0 Å². The van der Waals surface area contributed by atoms with E-state index < -0.39 is 0 Å². The number of guanidine groups is 1. The number of benzene rings is 2. The normalized spacial score (nSPS) is 11.7. The van der Waals surface area contributed by atoms with Gasteiger partial charge in [-0.05, 0) is 51.0 Å². The fourth-order valence-corrected chi connectivity index (χ4v) is 2.83. The van der Waals surface area contributed by atoms with Crippen molar-refractivity contribution in [1.82, 2.24) is 16.0 Å². The van der Waals surface area contributed by atoms with Crippen LogP contribution >= 0.6 is 0 Å². The second kappa shape index (κ2) is 11.2. The predicted octanol–water partition coefficient (Wildman–Crippen LogP) is 3.87. The van der Waals surface area contributed by atoms with Crippen LogP contribution in [0.2, 0.25) is 0 Å². The van der Waals surface area contributed by atoms with Gasteiger partial charge in [0.15, 0.2) is 5.96 Å². The van der Waals surface area contributed by atoms with Crippen LogP contribution in [0.5, 0.6) is 5.75 Å². The number of hydrogen-bond donors (Lipinski definition) is 3. The quantitative estimate of drug-likeness (QED) is 0.456. The molecule has 0 aromatic heterocycles. The first-order valence-electron chi connectivity index (χ1n) is 10.4. The Morgan fingerprint density at radius 2 is 1.73 bits per heavy atom. The molecule has 0 radical (unpaired) electrons. The third-order valence-electron chi connectivity index (χ3n) is 4.24. The van der Waals surface area contributed by atoms with Gasteiger partial charge in [0.05, 0.1) is 0 Å². The zero-order valence-electron chi connectivity index (χ0n) is 18.7. The summed E-state index contributed by atoms with van der Waals surface area (Å²) in [6.45, 7) is 9.97. The molecule has 3 N–H and O–H groups in total. The number of carbonyl (C=O) groups excluding carboxylic acids is 1. The summed E-state index contributed by atoms with van der Waals surface area (Å²) in [4.78, 5) is 16.5. The van der Waals surface area contributed by atoms with Gasteiger partial charge in [-0.25, -0.2) is 0 Å². The summed E-state index contributed by atoms with van der Waals surface area (Å²) in [5, 5.41) is 9.53. The number of aliphatic imine (C=N–C) groups is 1. The smallest absolute Gasteiger partial charge is 0.251 e. The minimum absolute atomic E-state index is 0.0448. The van der Waals surface area contributed by atoms with Crippen LogP contribution in [0.3, 0.4) is 0 Å². The molecule has 0 aliphatic heterocycles. The first kappa shape index (κ1) is 23.3. The van der Waals surface area contributed by atoms with E-state index in [0.717, 1.165) is 23.3 Å². The van der Waals surface area contributed by atoms with Crippen molar-refractivity contribution in [3.8, 4) is 5.75 Å². The van der Waals surface area contributed by atoms with Crippen LogP contribution in [0, 0.1) is 0 Å². The maximum Gasteiger partial charge on any atom is 0.251 e. The molecule has 0 atom stereocenters. The number of amides is 1. The molecular weight excluding hydrogens is 376 g/mol. The van der Waals surface area contributed by atoms with E-state index in [1.807, 2.05) is 76.2 Å². The zero-order chi connectivity index (χ0) is 22.0. The summed E-state index contributed by atoms with van der Waals surface area (Å²) in [5.41, 5.74) is 2.48.